The van der Waals surface area contributed by atoms with Gasteiger partial charge in [0.25, 0.3) is 5.91 Å². The van der Waals surface area contributed by atoms with E-state index in [-0.39, 0.29) is 12.1 Å². The number of carboxylic acid groups (broad SMARTS) is 1. The number of oxime groups is 1. The number of rotatable bonds is 3. The molecule has 1 atom stereocenters. The first kappa shape index (κ1) is 14.1. The van der Waals surface area contributed by atoms with Gasteiger partial charge in [0.15, 0.2) is 5.71 Å². The summed E-state index contributed by atoms with van der Waals surface area (Å²) < 4.78 is 0.939. The van der Waals surface area contributed by atoms with Crippen molar-refractivity contribution in [1.82, 2.24) is 0 Å². The average Bonchev–Trinajstić information content (AvgIpc) is 2.82. The second-order valence-corrected chi connectivity index (χ2v) is 5.41. The molecule has 1 aromatic carbocycles. The van der Waals surface area contributed by atoms with Gasteiger partial charge in [-0.2, -0.15) is 0 Å². The Bertz CT molecular complexity index is 576. The van der Waals surface area contributed by atoms with E-state index in [1.165, 1.54) is 0 Å². The SMILES string of the molecule is O=C(O)C1=NOC(C(=O)Nc2ccc(I)cc2Cl)C1. The minimum atomic E-state index is -1.19. The van der Waals surface area contributed by atoms with Crippen molar-refractivity contribution < 1.29 is 19.5 Å². The van der Waals surface area contributed by atoms with E-state index in [4.69, 9.17) is 21.5 Å². The Balaban J connectivity index is 2.01. The molecule has 1 aliphatic rings. The maximum Gasteiger partial charge on any atom is 0.353 e. The summed E-state index contributed by atoms with van der Waals surface area (Å²) >= 11 is 8.07. The van der Waals surface area contributed by atoms with Gasteiger partial charge in [-0.05, 0) is 40.8 Å². The van der Waals surface area contributed by atoms with E-state index in [0.29, 0.717) is 10.7 Å². The smallest absolute Gasteiger partial charge is 0.353 e. The standard InChI is InChI=1S/C11H8ClIN2O4/c12-6-3-5(13)1-2-7(6)14-10(16)9-4-8(11(17)18)15-19-9/h1-3,9H,4H2,(H,14,16)(H,17,18). The van der Waals surface area contributed by atoms with Crippen molar-refractivity contribution in [3.05, 3.63) is 26.8 Å². The molecule has 0 saturated carbocycles. The molecule has 6 nitrogen and oxygen atoms in total. The maximum absolute atomic E-state index is 11.9. The summed E-state index contributed by atoms with van der Waals surface area (Å²) in [7, 11) is 0. The van der Waals surface area contributed by atoms with Gasteiger partial charge in [0.1, 0.15) is 0 Å². The zero-order valence-electron chi connectivity index (χ0n) is 9.39. The fourth-order valence-electron chi connectivity index (χ4n) is 1.45. The first-order chi connectivity index (χ1) is 8.97. The number of halogens is 2. The Morgan fingerprint density at radius 3 is 2.84 bits per heavy atom. The molecule has 1 heterocycles. The van der Waals surface area contributed by atoms with Crippen LogP contribution in [0.5, 0.6) is 0 Å². The van der Waals surface area contributed by atoms with Crippen molar-refractivity contribution in [2.75, 3.05) is 5.32 Å². The largest absolute Gasteiger partial charge is 0.477 e. The zero-order chi connectivity index (χ0) is 14.0. The van der Waals surface area contributed by atoms with Gasteiger partial charge >= 0.3 is 5.97 Å². The van der Waals surface area contributed by atoms with E-state index in [0.717, 1.165) is 3.57 Å². The monoisotopic (exact) mass is 394 g/mol. The molecule has 1 aromatic rings. The lowest BCUT2D eigenvalue weighted by atomic mass is 10.1. The van der Waals surface area contributed by atoms with E-state index < -0.39 is 18.0 Å². The number of benzene rings is 1. The normalized spacial score (nSPS) is 17.6. The Morgan fingerprint density at radius 1 is 1.53 bits per heavy atom. The third kappa shape index (κ3) is 3.35. The average molecular weight is 395 g/mol. The molecule has 0 spiro atoms. The molecule has 0 radical (unpaired) electrons. The van der Waals surface area contributed by atoms with E-state index >= 15 is 0 Å². The predicted molar refractivity (Wildman–Crippen MR) is 77.4 cm³/mol. The van der Waals surface area contributed by atoms with Crippen LogP contribution in [0.1, 0.15) is 6.42 Å². The number of nitrogens with one attached hydrogen (secondary N) is 1. The molecule has 0 aliphatic carbocycles. The van der Waals surface area contributed by atoms with Gasteiger partial charge < -0.3 is 15.3 Å². The van der Waals surface area contributed by atoms with Crippen molar-refractivity contribution in [2.24, 2.45) is 5.16 Å². The van der Waals surface area contributed by atoms with Gasteiger partial charge in [-0.25, -0.2) is 4.79 Å². The number of amides is 1. The van der Waals surface area contributed by atoms with Crippen molar-refractivity contribution in [3.8, 4) is 0 Å². The summed E-state index contributed by atoms with van der Waals surface area (Å²) in [5.41, 5.74) is 0.272. The van der Waals surface area contributed by atoms with Gasteiger partial charge in [-0.1, -0.05) is 16.8 Å². The third-order valence-electron chi connectivity index (χ3n) is 2.40. The molecule has 19 heavy (non-hydrogen) atoms. The molecule has 0 bridgehead atoms. The van der Waals surface area contributed by atoms with Crippen molar-refractivity contribution in [3.63, 3.8) is 0 Å². The summed E-state index contributed by atoms with van der Waals surface area (Å²) in [6.45, 7) is 0. The highest BCUT2D eigenvalue weighted by Crippen LogP contribution is 2.24. The lowest BCUT2D eigenvalue weighted by molar-refractivity contribution is -0.129. The minimum Gasteiger partial charge on any atom is -0.477 e. The molecule has 1 unspecified atom stereocenters. The van der Waals surface area contributed by atoms with Gasteiger partial charge in [0.05, 0.1) is 10.7 Å². The van der Waals surface area contributed by atoms with Gasteiger partial charge in [0.2, 0.25) is 6.10 Å². The Labute approximate surface area is 126 Å². The fraction of sp³-hybridized carbons (Fsp3) is 0.182. The second-order valence-electron chi connectivity index (χ2n) is 3.75. The summed E-state index contributed by atoms with van der Waals surface area (Å²) in [6.07, 6.45) is -1.01. The molecule has 2 rings (SSSR count). The highest BCUT2D eigenvalue weighted by atomic mass is 127. The molecule has 1 aliphatic heterocycles. The number of anilines is 1. The van der Waals surface area contributed by atoms with Crippen LogP contribution >= 0.6 is 34.2 Å². The number of nitrogens with zero attached hydrogens (tertiary/aromatic N) is 1. The quantitative estimate of drug-likeness (QED) is 0.769. The lowest BCUT2D eigenvalue weighted by Gasteiger charge is -2.10. The Kier molecular flexibility index (Phi) is 4.25. The van der Waals surface area contributed by atoms with E-state index in [1.54, 1.807) is 18.2 Å². The van der Waals surface area contributed by atoms with Crippen molar-refractivity contribution in [1.29, 1.82) is 0 Å². The van der Waals surface area contributed by atoms with Crippen LogP contribution in [0, 0.1) is 3.57 Å². The van der Waals surface area contributed by atoms with E-state index in [1.807, 2.05) is 0 Å². The zero-order valence-corrected chi connectivity index (χ0v) is 12.3. The summed E-state index contributed by atoms with van der Waals surface area (Å²) in [4.78, 5) is 27.3. The minimum absolute atomic E-state index is 0.0663. The van der Waals surface area contributed by atoms with Crippen LogP contribution in [0.4, 0.5) is 5.69 Å². The Morgan fingerprint density at radius 2 is 2.26 bits per heavy atom. The topological polar surface area (TPSA) is 88.0 Å². The molecule has 0 fully saturated rings. The first-order valence-corrected chi connectivity index (χ1v) is 6.65. The fourth-order valence-corrected chi connectivity index (χ4v) is 2.35. The number of hydrogen-bond acceptors (Lipinski definition) is 4. The van der Waals surface area contributed by atoms with Gasteiger partial charge in [-0.15, -0.1) is 0 Å². The first-order valence-electron chi connectivity index (χ1n) is 5.19. The van der Waals surface area contributed by atoms with E-state index in [2.05, 4.69) is 33.1 Å². The van der Waals surface area contributed by atoms with Gasteiger partial charge in [0, 0.05) is 9.99 Å². The summed E-state index contributed by atoms with van der Waals surface area (Å²) in [5.74, 6) is -1.68. The van der Waals surface area contributed by atoms with Crippen LogP contribution in [0.2, 0.25) is 5.02 Å². The number of hydrogen-bond donors (Lipinski definition) is 2. The molecule has 1 amide bonds. The van der Waals surface area contributed by atoms with Crippen LogP contribution in [0.15, 0.2) is 23.4 Å². The summed E-state index contributed by atoms with van der Waals surface area (Å²) in [6, 6.07) is 5.15. The van der Waals surface area contributed by atoms with Crippen molar-refractivity contribution in [2.45, 2.75) is 12.5 Å². The molecule has 0 aromatic heterocycles. The van der Waals surface area contributed by atoms with Gasteiger partial charge in [-0.3, -0.25) is 4.79 Å². The predicted octanol–water partition coefficient (Wildman–Crippen LogP) is 2.11. The highest BCUT2D eigenvalue weighted by molar-refractivity contribution is 14.1. The summed E-state index contributed by atoms with van der Waals surface area (Å²) in [5, 5.41) is 15.0. The van der Waals surface area contributed by atoms with Crippen LogP contribution in [0.25, 0.3) is 0 Å². The van der Waals surface area contributed by atoms with Crippen LogP contribution in [-0.2, 0) is 14.4 Å². The van der Waals surface area contributed by atoms with E-state index in [9.17, 15) is 9.59 Å². The highest BCUT2D eigenvalue weighted by Gasteiger charge is 2.31. The number of carbonyl (C=O) groups excluding carboxylic acids is 1. The van der Waals surface area contributed by atoms with Crippen LogP contribution in [0.3, 0.4) is 0 Å². The molecule has 2 N–H and O–H groups in total. The van der Waals surface area contributed by atoms with Crippen LogP contribution < -0.4 is 5.32 Å². The third-order valence-corrected chi connectivity index (χ3v) is 3.38. The number of carboxylic acids is 1. The lowest BCUT2D eigenvalue weighted by Crippen LogP contribution is -2.29. The molecular formula is C11H8ClIN2O4. The number of carbonyl (C=O) groups is 2. The molecule has 8 heteroatoms. The number of aliphatic carboxylic acids is 1. The Hall–Kier alpha value is -1.35. The van der Waals surface area contributed by atoms with Crippen molar-refractivity contribution >= 4 is 57.5 Å². The molecular weight excluding hydrogens is 386 g/mol. The molecule has 0 saturated heterocycles. The molecule has 100 valence electrons. The second kappa shape index (κ2) is 5.74. The maximum atomic E-state index is 11.9. The van der Waals surface area contributed by atoms with Crippen LogP contribution in [-0.4, -0.2) is 28.8 Å².